The molecule has 8 aliphatic carbocycles. The minimum absolute atomic E-state index is 0.0620. The fourth-order valence-corrected chi connectivity index (χ4v) is 17.0. The fourth-order valence-electron chi connectivity index (χ4n) is 17.0. The molecule has 0 bridgehead atoms. The second-order valence-corrected chi connectivity index (χ2v) is 23.2. The Morgan fingerprint density at radius 2 is 1.71 bits per heavy atom. The maximum atomic E-state index is 12.6. The lowest BCUT2D eigenvalue weighted by atomic mass is 9.43. The number of hydrogen-bond donors (Lipinski definition) is 4. The number of carboxylic acid groups (broad SMARTS) is 1. The van der Waals surface area contributed by atoms with E-state index < -0.39 is 17.7 Å². The third-order valence-electron chi connectivity index (χ3n) is 20.9. The van der Waals surface area contributed by atoms with Crippen LogP contribution in [-0.4, -0.2) is 76.3 Å². The standard InChI is InChI=1S/C55H77NO7/c1-8-22-55(62)25-24-52(4)43-17-12-35-28-38(57)15-16-40(35)49(43)41(32-53(52,55)5)34-10-13-37(14-11-34)56(7)26-27-63-39-21-23-51(3)36(29-39)30-46(58)50-44-19-18-42(33(2)9-20-48(60)61)54(44,6)47(59)31-45(50)51/h10-11,13-14,28,33,36,39,41-47,50,58-59,62H,9,12,15-21,23-27,29-32H2,1-7H3,(H,60,61)/t33-,36+,39+,41-,42-,43-,44+,45+,46-,47+,50+,51+,52+,53+,54-,55+/m1/s1. The van der Waals surface area contributed by atoms with Crippen LogP contribution in [0.3, 0.4) is 0 Å². The SMILES string of the molecule is CC#C[C@]1(O)CC[C@@]2(C)[C@@H]3CCC4=CC(=O)CCC4=C3[C@@H](c3ccc(N(C)CCO[C@H]4CC[C@@]5(C)[C@@H](C4)C[C@@H](O)[C@@H]4[C@@H]5C[C@H](O)[C@]5(C)[C@@H]([C@H](C)CCC(=O)O)CC[C@@H]45)cc3)C[C@@]21C. The molecule has 9 rings (SSSR count). The summed E-state index contributed by atoms with van der Waals surface area (Å²) < 4.78 is 6.68. The van der Waals surface area contributed by atoms with Crippen molar-refractivity contribution in [2.45, 2.75) is 174 Å². The largest absolute Gasteiger partial charge is 0.481 e. The molecule has 0 unspecified atom stereocenters. The Balaban J connectivity index is 0.850. The molecular weight excluding hydrogens is 787 g/mol. The van der Waals surface area contributed by atoms with Crippen LogP contribution < -0.4 is 4.90 Å². The van der Waals surface area contributed by atoms with E-state index in [0.29, 0.717) is 37.7 Å². The summed E-state index contributed by atoms with van der Waals surface area (Å²) in [5.74, 6) is 8.02. The van der Waals surface area contributed by atoms with Crippen molar-refractivity contribution in [1.82, 2.24) is 0 Å². The number of ether oxygens (including phenoxy) is 1. The van der Waals surface area contributed by atoms with Gasteiger partial charge in [-0.05, 0) is 189 Å². The highest BCUT2D eigenvalue weighted by atomic mass is 16.5. The van der Waals surface area contributed by atoms with Crippen molar-refractivity contribution in [3.8, 4) is 11.8 Å². The number of carboxylic acids is 1. The predicted molar refractivity (Wildman–Crippen MR) is 247 cm³/mol. The van der Waals surface area contributed by atoms with Crippen LogP contribution in [0.25, 0.3) is 0 Å². The summed E-state index contributed by atoms with van der Waals surface area (Å²) in [5.41, 5.74) is 4.95. The summed E-state index contributed by atoms with van der Waals surface area (Å²) in [4.78, 5) is 26.3. The van der Waals surface area contributed by atoms with E-state index in [1.807, 2.05) is 13.0 Å². The number of aliphatic hydroxyl groups excluding tert-OH is 2. The summed E-state index contributed by atoms with van der Waals surface area (Å²) >= 11 is 0. The average molecular weight is 864 g/mol. The molecule has 0 amide bonds. The smallest absolute Gasteiger partial charge is 0.303 e. The average Bonchev–Trinajstić information content (AvgIpc) is 3.71. The normalized spacial score (nSPS) is 44.4. The Bertz CT molecular complexity index is 2080. The first kappa shape index (κ1) is 45.2. The first-order chi connectivity index (χ1) is 29.9. The molecule has 0 aromatic heterocycles. The number of nitrogens with zero attached hydrogens (tertiary/aromatic N) is 1. The molecule has 4 N–H and O–H groups in total. The van der Waals surface area contributed by atoms with Gasteiger partial charge in [-0.2, -0.15) is 0 Å². The second kappa shape index (κ2) is 16.4. The summed E-state index contributed by atoms with van der Waals surface area (Å²) in [6.45, 7) is 14.9. The van der Waals surface area contributed by atoms with Gasteiger partial charge in [0.25, 0.3) is 0 Å². The predicted octanol–water partition coefficient (Wildman–Crippen LogP) is 9.65. The van der Waals surface area contributed by atoms with Crippen LogP contribution in [0.5, 0.6) is 0 Å². The summed E-state index contributed by atoms with van der Waals surface area (Å²) in [5, 5.41) is 45.6. The third-order valence-corrected chi connectivity index (χ3v) is 20.9. The van der Waals surface area contributed by atoms with E-state index in [4.69, 9.17) is 4.74 Å². The van der Waals surface area contributed by atoms with Gasteiger partial charge in [0.15, 0.2) is 5.78 Å². The molecule has 8 aliphatic rings. The number of likely N-dealkylation sites (N-methyl/N-ethyl adjacent to an activating group) is 1. The lowest BCUT2D eigenvalue weighted by Crippen LogP contribution is -2.62. The Labute approximate surface area is 377 Å². The van der Waals surface area contributed by atoms with E-state index in [9.17, 15) is 30.0 Å². The lowest BCUT2D eigenvalue weighted by Gasteiger charge is -2.63. The van der Waals surface area contributed by atoms with Crippen LogP contribution in [0.1, 0.15) is 156 Å². The molecule has 8 nitrogen and oxygen atoms in total. The Hall–Kier alpha value is -2.96. The summed E-state index contributed by atoms with van der Waals surface area (Å²) in [6, 6.07) is 9.11. The monoisotopic (exact) mass is 864 g/mol. The van der Waals surface area contributed by atoms with E-state index in [2.05, 4.69) is 82.7 Å². The molecule has 63 heavy (non-hydrogen) atoms. The maximum Gasteiger partial charge on any atom is 0.303 e. The molecule has 6 saturated carbocycles. The number of carbonyl (C=O) groups is 2. The molecule has 6 fully saturated rings. The highest BCUT2D eigenvalue weighted by molar-refractivity contribution is 5.93. The second-order valence-electron chi connectivity index (χ2n) is 23.2. The van der Waals surface area contributed by atoms with Crippen LogP contribution in [0, 0.1) is 74.9 Å². The number of fused-ring (bicyclic) bond motifs is 9. The van der Waals surface area contributed by atoms with Crippen molar-refractivity contribution in [2.24, 2.45) is 63.1 Å². The molecule has 1 aromatic rings. The van der Waals surface area contributed by atoms with Crippen LogP contribution in [0.4, 0.5) is 5.69 Å². The molecule has 8 heteroatoms. The molecule has 344 valence electrons. The molecule has 0 radical (unpaired) electrons. The summed E-state index contributed by atoms with van der Waals surface area (Å²) in [6.07, 6.45) is 14.5. The number of aliphatic hydroxyl groups is 3. The molecule has 1 aromatic carbocycles. The van der Waals surface area contributed by atoms with E-state index in [1.165, 1.54) is 22.3 Å². The van der Waals surface area contributed by atoms with Gasteiger partial charge in [-0.3, -0.25) is 9.59 Å². The zero-order chi connectivity index (χ0) is 44.9. The van der Waals surface area contributed by atoms with Gasteiger partial charge in [-0.1, -0.05) is 58.2 Å². The fraction of sp³-hybridized carbons (Fsp3) is 0.745. The Morgan fingerprint density at radius 3 is 2.44 bits per heavy atom. The van der Waals surface area contributed by atoms with Gasteiger partial charge in [-0.25, -0.2) is 0 Å². The number of benzene rings is 1. The molecule has 0 heterocycles. The molecule has 0 spiro atoms. The van der Waals surface area contributed by atoms with Gasteiger partial charge in [0.1, 0.15) is 5.60 Å². The number of carbonyl (C=O) groups excluding carboxylic acids is 1. The molecule has 0 saturated heterocycles. The number of ketones is 1. The molecule has 16 atom stereocenters. The van der Waals surface area contributed by atoms with Gasteiger partial charge in [0, 0.05) is 43.5 Å². The third kappa shape index (κ3) is 7.05. The number of allylic oxidation sites excluding steroid dienone is 4. The van der Waals surface area contributed by atoms with Crippen LogP contribution in [-0.2, 0) is 14.3 Å². The van der Waals surface area contributed by atoms with Gasteiger partial charge >= 0.3 is 5.97 Å². The first-order valence-corrected chi connectivity index (χ1v) is 25.0. The van der Waals surface area contributed by atoms with Crippen molar-refractivity contribution in [3.63, 3.8) is 0 Å². The number of hydrogen-bond acceptors (Lipinski definition) is 7. The van der Waals surface area contributed by atoms with E-state index >= 15 is 0 Å². The van der Waals surface area contributed by atoms with Crippen molar-refractivity contribution >= 4 is 17.4 Å². The van der Waals surface area contributed by atoms with Crippen molar-refractivity contribution in [1.29, 1.82) is 0 Å². The van der Waals surface area contributed by atoms with Gasteiger partial charge in [0.2, 0.25) is 0 Å². The quantitative estimate of drug-likeness (QED) is 0.171. The van der Waals surface area contributed by atoms with Crippen LogP contribution in [0.15, 0.2) is 47.1 Å². The number of rotatable bonds is 10. The van der Waals surface area contributed by atoms with Crippen molar-refractivity contribution in [3.05, 3.63) is 52.6 Å². The topological polar surface area (TPSA) is 128 Å². The zero-order valence-electron chi connectivity index (χ0n) is 39.4. The minimum Gasteiger partial charge on any atom is -0.481 e. The minimum atomic E-state index is -1.02. The highest BCUT2D eigenvalue weighted by Crippen LogP contribution is 2.73. The number of aliphatic carboxylic acids is 1. The first-order valence-electron chi connectivity index (χ1n) is 25.0. The van der Waals surface area contributed by atoms with E-state index in [0.717, 1.165) is 89.3 Å². The van der Waals surface area contributed by atoms with Crippen molar-refractivity contribution < 1.29 is 34.8 Å². The van der Waals surface area contributed by atoms with Crippen LogP contribution >= 0.6 is 0 Å². The lowest BCUT2D eigenvalue weighted by molar-refractivity contribution is -0.209. The Kier molecular flexibility index (Phi) is 11.8. The highest BCUT2D eigenvalue weighted by Gasteiger charge is 2.69. The number of anilines is 1. The van der Waals surface area contributed by atoms with Gasteiger partial charge in [-0.15, -0.1) is 5.92 Å². The van der Waals surface area contributed by atoms with Crippen LogP contribution in [0.2, 0.25) is 0 Å². The van der Waals surface area contributed by atoms with Gasteiger partial charge < -0.3 is 30.1 Å². The van der Waals surface area contributed by atoms with Gasteiger partial charge in [0.05, 0.1) is 24.9 Å². The zero-order valence-corrected chi connectivity index (χ0v) is 39.4. The Morgan fingerprint density at radius 1 is 0.952 bits per heavy atom. The maximum absolute atomic E-state index is 12.6. The summed E-state index contributed by atoms with van der Waals surface area (Å²) in [7, 11) is 2.14. The molecular formula is C55H77NO7. The van der Waals surface area contributed by atoms with E-state index in [-0.39, 0.29) is 81.6 Å². The van der Waals surface area contributed by atoms with E-state index in [1.54, 1.807) is 0 Å². The van der Waals surface area contributed by atoms with Crippen molar-refractivity contribution in [2.75, 3.05) is 25.1 Å². The molecule has 0 aliphatic heterocycles.